The Labute approximate surface area is 191 Å². The van der Waals surface area contributed by atoms with Gasteiger partial charge in [-0.05, 0) is 56.5 Å². The van der Waals surface area contributed by atoms with Crippen LogP contribution in [-0.2, 0) is 16.5 Å². The van der Waals surface area contributed by atoms with Crippen LogP contribution in [0, 0.1) is 12.7 Å². The van der Waals surface area contributed by atoms with Gasteiger partial charge in [-0.1, -0.05) is 6.07 Å². The highest BCUT2D eigenvalue weighted by Gasteiger charge is 2.20. The average molecular weight is 454 g/mol. The Morgan fingerprint density at radius 1 is 1.24 bits per heavy atom. The van der Waals surface area contributed by atoms with Crippen LogP contribution in [0.15, 0.2) is 36.4 Å². The molecule has 2 heterocycles. The summed E-state index contributed by atoms with van der Waals surface area (Å²) in [6.07, 6.45) is 1.95. The molecule has 1 fully saturated rings. The van der Waals surface area contributed by atoms with Gasteiger partial charge in [0.2, 0.25) is 0 Å². The molecule has 0 saturated carbocycles. The zero-order valence-electron chi connectivity index (χ0n) is 18.9. The average Bonchev–Trinajstić information content (AvgIpc) is 3.42. The number of rotatable bonds is 7. The van der Waals surface area contributed by atoms with Gasteiger partial charge >= 0.3 is 5.97 Å². The first-order chi connectivity index (χ1) is 15.9. The lowest BCUT2D eigenvalue weighted by atomic mass is 10.1. The fourth-order valence-corrected chi connectivity index (χ4v) is 4.11. The molecule has 4 rings (SSSR count). The molecule has 0 unspecified atom stereocenters. The van der Waals surface area contributed by atoms with Crippen molar-refractivity contribution in [3.05, 3.63) is 59.0 Å². The molecule has 7 nitrogen and oxygen atoms in total. The molecule has 1 amide bonds. The van der Waals surface area contributed by atoms with Crippen molar-refractivity contribution in [1.29, 1.82) is 0 Å². The van der Waals surface area contributed by atoms with E-state index in [0.29, 0.717) is 23.7 Å². The number of benzene rings is 2. The molecular formula is C25H27FN2O5. The van der Waals surface area contributed by atoms with E-state index in [1.54, 1.807) is 42.8 Å². The summed E-state index contributed by atoms with van der Waals surface area (Å²) >= 11 is 0. The lowest BCUT2D eigenvalue weighted by molar-refractivity contribution is 0.0515. The smallest absolute Gasteiger partial charge is 0.354 e. The number of nitrogens with one attached hydrogen (secondary N) is 1. The van der Waals surface area contributed by atoms with Crippen molar-refractivity contribution in [1.82, 2.24) is 4.57 Å². The van der Waals surface area contributed by atoms with E-state index in [9.17, 15) is 14.0 Å². The van der Waals surface area contributed by atoms with Crippen LogP contribution >= 0.6 is 0 Å². The van der Waals surface area contributed by atoms with Crippen LogP contribution in [0.5, 0.6) is 5.75 Å². The van der Waals surface area contributed by atoms with Gasteiger partial charge in [-0.25, -0.2) is 9.18 Å². The molecule has 3 aromatic rings. The van der Waals surface area contributed by atoms with Crippen molar-refractivity contribution >= 4 is 28.5 Å². The highest BCUT2D eigenvalue weighted by molar-refractivity contribution is 6.06. The van der Waals surface area contributed by atoms with E-state index in [1.165, 1.54) is 12.1 Å². The first-order valence-electron chi connectivity index (χ1n) is 11.0. The third-order valence-corrected chi connectivity index (χ3v) is 5.83. The number of amides is 1. The Morgan fingerprint density at radius 2 is 2.06 bits per heavy atom. The molecule has 2 aromatic carbocycles. The zero-order chi connectivity index (χ0) is 23.5. The van der Waals surface area contributed by atoms with Crippen molar-refractivity contribution in [2.45, 2.75) is 32.8 Å². The van der Waals surface area contributed by atoms with Crippen LogP contribution in [0.4, 0.5) is 10.1 Å². The van der Waals surface area contributed by atoms with Gasteiger partial charge in [-0.3, -0.25) is 4.79 Å². The van der Waals surface area contributed by atoms with Gasteiger partial charge in [0.25, 0.3) is 5.91 Å². The molecule has 0 bridgehead atoms. The van der Waals surface area contributed by atoms with Gasteiger partial charge in [0.05, 0.1) is 23.8 Å². The van der Waals surface area contributed by atoms with Gasteiger partial charge < -0.3 is 24.1 Å². The monoisotopic (exact) mass is 454 g/mol. The van der Waals surface area contributed by atoms with E-state index in [2.05, 4.69) is 5.32 Å². The number of esters is 1. The van der Waals surface area contributed by atoms with Crippen molar-refractivity contribution in [2.75, 3.05) is 25.1 Å². The molecule has 1 saturated heterocycles. The number of halogens is 1. The molecule has 8 heteroatoms. The maximum Gasteiger partial charge on any atom is 0.354 e. The highest BCUT2D eigenvalue weighted by Crippen LogP contribution is 2.29. The summed E-state index contributed by atoms with van der Waals surface area (Å²) in [6, 6.07) is 9.49. The van der Waals surface area contributed by atoms with Crippen molar-refractivity contribution in [3.8, 4) is 5.75 Å². The molecule has 1 aliphatic heterocycles. The Morgan fingerprint density at radius 3 is 2.76 bits per heavy atom. The number of hydrogen-bond donors (Lipinski definition) is 1. The number of hydrogen-bond acceptors (Lipinski definition) is 5. The largest absolute Gasteiger partial charge is 0.491 e. The first-order valence-corrected chi connectivity index (χ1v) is 11.0. The van der Waals surface area contributed by atoms with Crippen LogP contribution in [0.2, 0.25) is 0 Å². The second-order valence-electron chi connectivity index (χ2n) is 8.03. The number of aryl methyl sites for hydroxylation is 2. The van der Waals surface area contributed by atoms with Crippen LogP contribution < -0.4 is 10.1 Å². The molecule has 174 valence electrons. The summed E-state index contributed by atoms with van der Waals surface area (Å²) in [6.45, 7) is 4.95. The summed E-state index contributed by atoms with van der Waals surface area (Å²) in [5.74, 6) is -1.29. The molecule has 0 spiro atoms. The first kappa shape index (κ1) is 22.8. The van der Waals surface area contributed by atoms with E-state index in [0.717, 1.165) is 35.9 Å². The number of nitrogens with zero attached hydrogens (tertiary/aromatic N) is 1. The Balaban J connectivity index is 1.51. The summed E-state index contributed by atoms with van der Waals surface area (Å²) in [5, 5.41) is 3.62. The van der Waals surface area contributed by atoms with Gasteiger partial charge in [0, 0.05) is 30.8 Å². The van der Waals surface area contributed by atoms with E-state index in [-0.39, 0.29) is 18.3 Å². The molecule has 0 radical (unpaired) electrons. The number of carbonyl (C=O) groups excluding carboxylic acids is 2. The Bertz CT molecular complexity index is 1200. The minimum absolute atomic E-state index is 0.0239. The second-order valence-corrected chi connectivity index (χ2v) is 8.03. The summed E-state index contributed by atoms with van der Waals surface area (Å²) < 4.78 is 32.6. The van der Waals surface area contributed by atoms with Crippen LogP contribution in [-0.4, -0.2) is 42.4 Å². The number of carbonyl (C=O) groups is 2. The molecule has 1 aliphatic rings. The number of anilines is 1. The Hall–Kier alpha value is -3.39. The Kier molecular flexibility index (Phi) is 6.65. The standard InChI is InChI=1S/C25H27FN2O5/c1-4-31-25(30)22-12-16-7-10-21(15(2)23(16)28(22)3)27-24(29)19-9-8-17(13-20(19)26)33-14-18-6-5-11-32-18/h7-10,12-13,18H,4-6,11,14H2,1-3H3,(H,27,29)/t18-/m0/s1. The van der Waals surface area contributed by atoms with Gasteiger partial charge in [0.1, 0.15) is 23.9 Å². The van der Waals surface area contributed by atoms with Crippen LogP contribution in [0.3, 0.4) is 0 Å². The van der Waals surface area contributed by atoms with E-state index < -0.39 is 17.7 Å². The lowest BCUT2D eigenvalue weighted by Gasteiger charge is -2.13. The van der Waals surface area contributed by atoms with Crippen LogP contribution in [0.25, 0.3) is 10.9 Å². The molecule has 0 aliphatic carbocycles. The predicted molar refractivity (Wildman–Crippen MR) is 122 cm³/mol. The molecule has 1 aromatic heterocycles. The highest BCUT2D eigenvalue weighted by atomic mass is 19.1. The van der Waals surface area contributed by atoms with Gasteiger partial charge in [-0.2, -0.15) is 0 Å². The lowest BCUT2D eigenvalue weighted by Crippen LogP contribution is -2.17. The zero-order valence-corrected chi connectivity index (χ0v) is 18.9. The van der Waals surface area contributed by atoms with E-state index >= 15 is 0 Å². The normalized spacial score (nSPS) is 15.6. The quantitative estimate of drug-likeness (QED) is 0.528. The minimum atomic E-state index is -0.667. The van der Waals surface area contributed by atoms with Gasteiger partial charge in [0.15, 0.2) is 0 Å². The molecular weight excluding hydrogens is 427 g/mol. The predicted octanol–water partition coefficient (Wildman–Crippen LogP) is 4.61. The van der Waals surface area contributed by atoms with Crippen molar-refractivity contribution in [2.24, 2.45) is 7.05 Å². The summed E-state index contributed by atoms with van der Waals surface area (Å²) in [5.41, 5.74) is 2.41. The third-order valence-electron chi connectivity index (χ3n) is 5.83. The number of aromatic nitrogens is 1. The topological polar surface area (TPSA) is 78.8 Å². The number of fused-ring (bicyclic) bond motifs is 1. The van der Waals surface area contributed by atoms with Gasteiger partial charge in [-0.15, -0.1) is 0 Å². The maximum atomic E-state index is 14.7. The fraction of sp³-hybridized carbons (Fsp3) is 0.360. The van der Waals surface area contributed by atoms with Crippen LogP contribution in [0.1, 0.15) is 46.2 Å². The van der Waals surface area contributed by atoms with E-state index in [1.807, 2.05) is 6.92 Å². The summed E-state index contributed by atoms with van der Waals surface area (Å²) in [7, 11) is 1.77. The van der Waals surface area contributed by atoms with Crippen molar-refractivity contribution < 1.29 is 28.2 Å². The fourth-order valence-electron chi connectivity index (χ4n) is 4.11. The second kappa shape index (κ2) is 9.62. The van der Waals surface area contributed by atoms with Crippen molar-refractivity contribution in [3.63, 3.8) is 0 Å². The molecule has 33 heavy (non-hydrogen) atoms. The molecule has 1 N–H and O–H groups in total. The third kappa shape index (κ3) is 4.71. The maximum absolute atomic E-state index is 14.7. The minimum Gasteiger partial charge on any atom is -0.491 e. The molecule has 1 atom stereocenters. The van der Waals surface area contributed by atoms with E-state index in [4.69, 9.17) is 14.2 Å². The SMILES string of the molecule is CCOC(=O)c1cc2ccc(NC(=O)c3ccc(OC[C@@H]4CCCO4)cc3F)c(C)c2n1C. The number of ether oxygens (including phenoxy) is 3. The summed E-state index contributed by atoms with van der Waals surface area (Å²) in [4.78, 5) is 25.0.